The lowest BCUT2D eigenvalue weighted by atomic mass is 9.99. The van der Waals surface area contributed by atoms with Crippen molar-refractivity contribution < 1.29 is 14.3 Å². The van der Waals surface area contributed by atoms with Crippen LogP contribution in [0.25, 0.3) is 0 Å². The molecule has 6 nitrogen and oxygen atoms in total. The van der Waals surface area contributed by atoms with Crippen LogP contribution in [0, 0.1) is 11.8 Å². The molecule has 0 bridgehead atoms. The highest BCUT2D eigenvalue weighted by Gasteiger charge is 2.36. The summed E-state index contributed by atoms with van der Waals surface area (Å²) in [7, 11) is 1.45. The number of carbonyl (C=O) groups is 1. The summed E-state index contributed by atoms with van der Waals surface area (Å²) in [6, 6.07) is 8.09. The van der Waals surface area contributed by atoms with Crippen LogP contribution >= 0.6 is 24.0 Å². The fraction of sp³-hybridized carbons (Fsp3) is 0.600. The standard InChI is InChI=1S/C20H31N3O3.HI/c1-5-21-20(23-13-15(3)17(14-23)19(24)25-4)22-12-11-16-9-7-8-10-18(16)26-6-2;/h7-10,15,17H,5-6,11-14H2,1-4H3,(H,21,22);1H. The number of nitrogens with one attached hydrogen (secondary N) is 1. The van der Waals surface area contributed by atoms with E-state index in [1.165, 1.54) is 7.11 Å². The minimum Gasteiger partial charge on any atom is -0.494 e. The molecule has 0 aromatic heterocycles. The SMILES string of the molecule is CCNC(=NCCc1ccccc1OCC)N1CC(C)C(C(=O)OC)C1.I. The fourth-order valence-electron chi connectivity index (χ4n) is 3.31. The molecule has 1 N–H and O–H groups in total. The third-order valence-electron chi connectivity index (χ3n) is 4.67. The minimum atomic E-state index is -0.138. The topological polar surface area (TPSA) is 63.2 Å². The van der Waals surface area contributed by atoms with Gasteiger partial charge in [0.05, 0.1) is 19.6 Å². The Morgan fingerprint density at radius 1 is 1.30 bits per heavy atom. The molecule has 1 aliphatic heterocycles. The van der Waals surface area contributed by atoms with E-state index in [4.69, 9.17) is 14.5 Å². The second-order valence-corrected chi connectivity index (χ2v) is 6.54. The van der Waals surface area contributed by atoms with Crippen LogP contribution in [0.5, 0.6) is 5.75 Å². The molecule has 0 saturated carbocycles. The number of halogens is 1. The predicted octanol–water partition coefficient (Wildman–Crippen LogP) is 2.95. The van der Waals surface area contributed by atoms with Crippen LogP contribution in [0.1, 0.15) is 26.3 Å². The average Bonchev–Trinajstić information content (AvgIpc) is 3.03. The summed E-state index contributed by atoms with van der Waals surface area (Å²) in [6.45, 7) is 9.70. The number of aliphatic imine (C=N–C) groups is 1. The summed E-state index contributed by atoms with van der Waals surface area (Å²) < 4.78 is 10.6. The molecular formula is C20H32IN3O3. The van der Waals surface area contributed by atoms with Gasteiger partial charge in [-0.1, -0.05) is 25.1 Å². The number of hydrogen-bond donors (Lipinski definition) is 1. The second-order valence-electron chi connectivity index (χ2n) is 6.54. The van der Waals surface area contributed by atoms with Crippen LogP contribution in [0.2, 0.25) is 0 Å². The minimum absolute atomic E-state index is 0. The summed E-state index contributed by atoms with van der Waals surface area (Å²) >= 11 is 0. The maximum absolute atomic E-state index is 11.9. The van der Waals surface area contributed by atoms with E-state index in [-0.39, 0.29) is 41.8 Å². The molecular weight excluding hydrogens is 457 g/mol. The predicted molar refractivity (Wildman–Crippen MR) is 119 cm³/mol. The first-order valence-electron chi connectivity index (χ1n) is 9.42. The Hall–Kier alpha value is -1.51. The lowest BCUT2D eigenvalue weighted by Crippen LogP contribution is -2.40. The fourth-order valence-corrected chi connectivity index (χ4v) is 3.31. The van der Waals surface area contributed by atoms with Crippen molar-refractivity contribution in [2.45, 2.75) is 27.2 Å². The lowest BCUT2D eigenvalue weighted by Gasteiger charge is -2.21. The van der Waals surface area contributed by atoms with E-state index < -0.39 is 0 Å². The highest BCUT2D eigenvalue weighted by atomic mass is 127. The van der Waals surface area contributed by atoms with E-state index in [1.54, 1.807) is 0 Å². The Balaban J connectivity index is 0.00000364. The molecule has 0 radical (unpaired) electrons. The Morgan fingerprint density at radius 2 is 2.04 bits per heavy atom. The highest BCUT2D eigenvalue weighted by Crippen LogP contribution is 2.24. The number of hydrogen-bond acceptors (Lipinski definition) is 4. The number of carbonyl (C=O) groups excluding carboxylic acids is 1. The zero-order valence-electron chi connectivity index (χ0n) is 16.7. The Labute approximate surface area is 179 Å². The number of para-hydroxylation sites is 1. The van der Waals surface area contributed by atoms with Gasteiger partial charge in [-0.05, 0) is 37.8 Å². The average molecular weight is 489 g/mol. The summed E-state index contributed by atoms with van der Waals surface area (Å²) in [5.41, 5.74) is 1.16. The number of ether oxygens (including phenoxy) is 2. The summed E-state index contributed by atoms with van der Waals surface area (Å²) in [6.07, 6.45) is 0.814. The molecule has 2 atom stereocenters. The monoisotopic (exact) mass is 489 g/mol. The highest BCUT2D eigenvalue weighted by molar-refractivity contribution is 14.0. The van der Waals surface area contributed by atoms with E-state index >= 15 is 0 Å². The molecule has 1 aromatic rings. The first-order chi connectivity index (χ1) is 12.6. The van der Waals surface area contributed by atoms with Gasteiger partial charge >= 0.3 is 5.97 Å². The van der Waals surface area contributed by atoms with Gasteiger partial charge in [0.15, 0.2) is 5.96 Å². The Morgan fingerprint density at radius 3 is 2.70 bits per heavy atom. The van der Waals surface area contributed by atoms with E-state index in [9.17, 15) is 4.79 Å². The zero-order chi connectivity index (χ0) is 18.9. The first-order valence-corrected chi connectivity index (χ1v) is 9.42. The quantitative estimate of drug-likeness (QED) is 0.276. The van der Waals surface area contributed by atoms with Crippen LogP contribution in [-0.2, 0) is 16.0 Å². The summed E-state index contributed by atoms with van der Waals surface area (Å²) in [4.78, 5) is 18.9. The van der Waals surface area contributed by atoms with Gasteiger partial charge in [0.25, 0.3) is 0 Å². The van der Waals surface area contributed by atoms with Crippen molar-refractivity contribution in [2.75, 3.05) is 39.9 Å². The van der Waals surface area contributed by atoms with Gasteiger partial charge in [-0.25, -0.2) is 0 Å². The van der Waals surface area contributed by atoms with E-state index in [1.807, 2.05) is 25.1 Å². The van der Waals surface area contributed by atoms with Crippen LogP contribution in [0.15, 0.2) is 29.3 Å². The maximum Gasteiger partial charge on any atom is 0.310 e. The summed E-state index contributed by atoms with van der Waals surface area (Å²) in [5, 5.41) is 3.34. The Bertz CT molecular complexity index is 624. The maximum atomic E-state index is 11.9. The van der Waals surface area contributed by atoms with Crippen molar-refractivity contribution in [3.8, 4) is 5.75 Å². The molecule has 7 heteroatoms. The molecule has 1 aliphatic rings. The van der Waals surface area contributed by atoms with Crippen molar-refractivity contribution in [2.24, 2.45) is 16.8 Å². The van der Waals surface area contributed by atoms with Gasteiger partial charge in [0.1, 0.15) is 5.75 Å². The third kappa shape index (κ3) is 6.55. The smallest absolute Gasteiger partial charge is 0.310 e. The largest absolute Gasteiger partial charge is 0.494 e. The molecule has 27 heavy (non-hydrogen) atoms. The van der Waals surface area contributed by atoms with Crippen LogP contribution < -0.4 is 10.1 Å². The number of methoxy groups -OCH3 is 1. The number of nitrogens with zero attached hydrogens (tertiary/aromatic N) is 2. The van der Waals surface area contributed by atoms with Crippen LogP contribution in [-0.4, -0.2) is 56.7 Å². The zero-order valence-corrected chi connectivity index (χ0v) is 19.1. The van der Waals surface area contributed by atoms with Gasteiger partial charge in [-0.2, -0.15) is 0 Å². The molecule has 0 aliphatic carbocycles. The molecule has 0 amide bonds. The van der Waals surface area contributed by atoms with Crippen molar-refractivity contribution in [3.05, 3.63) is 29.8 Å². The van der Waals surface area contributed by atoms with Crippen molar-refractivity contribution in [1.29, 1.82) is 0 Å². The van der Waals surface area contributed by atoms with Gasteiger partial charge in [-0.15, -0.1) is 24.0 Å². The molecule has 1 heterocycles. The number of likely N-dealkylation sites (tertiary alicyclic amines) is 1. The molecule has 2 unspecified atom stereocenters. The lowest BCUT2D eigenvalue weighted by molar-refractivity contribution is -0.145. The molecule has 1 saturated heterocycles. The number of benzene rings is 1. The van der Waals surface area contributed by atoms with Crippen LogP contribution in [0.4, 0.5) is 0 Å². The molecule has 1 fully saturated rings. The van der Waals surface area contributed by atoms with Gasteiger partial charge < -0.3 is 19.7 Å². The second kappa shape index (κ2) is 12.0. The van der Waals surface area contributed by atoms with E-state index in [0.717, 1.165) is 36.8 Å². The number of rotatable bonds is 7. The molecule has 1 aromatic carbocycles. The van der Waals surface area contributed by atoms with Gasteiger partial charge in [-0.3, -0.25) is 9.79 Å². The van der Waals surface area contributed by atoms with Crippen molar-refractivity contribution in [3.63, 3.8) is 0 Å². The molecule has 0 spiro atoms. The third-order valence-corrected chi connectivity index (χ3v) is 4.67. The van der Waals surface area contributed by atoms with Crippen molar-refractivity contribution in [1.82, 2.24) is 10.2 Å². The normalized spacial score (nSPS) is 19.4. The number of esters is 1. The first kappa shape index (κ1) is 23.5. The summed E-state index contributed by atoms with van der Waals surface area (Å²) in [5.74, 6) is 1.81. The molecule has 152 valence electrons. The van der Waals surface area contributed by atoms with Crippen molar-refractivity contribution >= 4 is 35.9 Å². The molecule has 2 rings (SSSR count). The Kier molecular flexibility index (Phi) is 10.5. The van der Waals surface area contributed by atoms with E-state index in [2.05, 4.69) is 30.1 Å². The van der Waals surface area contributed by atoms with E-state index in [0.29, 0.717) is 19.7 Å². The van der Waals surface area contributed by atoms with Crippen LogP contribution in [0.3, 0.4) is 0 Å². The van der Waals surface area contributed by atoms with Gasteiger partial charge in [0, 0.05) is 26.2 Å². The number of guanidine groups is 1. The van der Waals surface area contributed by atoms with Gasteiger partial charge in [0.2, 0.25) is 0 Å².